The van der Waals surface area contributed by atoms with Crippen molar-refractivity contribution in [3.8, 4) is 0 Å². The van der Waals surface area contributed by atoms with Gasteiger partial charge in [-0.05, 0) is 18.2 Å². The second-order valence-corrected chi connectivity index (χ2v) is 8.57. The molecule has 1 nitrogen and oxygen atoms in total. The molecule has 0 fully saturated rings. The maximum Gasteiger partial charge on any atom is 0.142 e. The standard InChI is InChI=1S/C9H16OSi/c1-4-8-11(2,3)9-6-5-7-10/h4-7H,1,8-9H2,2-3H3/b6-5+. The summed E-state index contributed by atoms with van der Waals surface area (Å²) >= 11 is 0. The monoisotopic (exact) mass is 168 g/mol. The molecular formula is C9H16OSi. The Bertz CT molecular complexity index is 159. The zero-order valence-corrected chi connectivity index (χ0v) is 8.34. The second-order valence-electron chi connectivity index (χ2n) is 3.43. The topological polar surface area (TPSA) is 17.1 Å². The Hall–Kier alpha value is -0.633. The van der Waals surface area contributed by atoms with E-state index >= 15 is 0 Å². The number of allylic oxidation sites excluding steroid dienone is 3. The first-order valence-corrected chi connectivity index (χ1v) is 7.25. The molecule has 0 N–H and O–H groups in total. The smallest absolute Gasteiger partial charge is 0.142 e. The highest BCUT2D eigenvalue weighted by atomic mass is 28.3. The average Bonchev–Trinajstić information content (AvgIpc) is 1.87. The Labute approximate surface area is 69.8 Å². The predicted octanol–water partition coefficient (Wildman–Crippen LogP) is 2.64. The van der Waals surface area contributed by atoms with Gasteiger partial charge in [-0.2, -0.15) is 0 Å². The van der Waals surface area contributed by atoms with E-state index in [2.05, 4.69) is 19.7 Å². The van der Waals surface area contributed by atoms with Gasteiger partial charge < -0.3 is 0 Å². The molecule has 0 aromatic carbocycles. The van der Waals surface area contributed by atoms with Gasteiger partial charge in [0.25, 0.3) is 0 Å². The summed E-state index contributed by atoms with van der Waals surface area (Å²) in [5, 5.41) is 0. The van der Waals surface area contributed by atoms with Crippen LogP contribution in [0.1, 0.15) is 0 Å². The van der Waals surface area contributed by atoms with Crippen LogP contribution < -0.4 is 0 Å². The fourth-order valence-electron chi connectivity index (χ4n) is 0.917. The summed E-state index contributed by atoms with van der Waals surface area (Å²) in [6.45, 7) is 8.31. The van der Waals surface area contributed by atoms with Crippen molar-refractivity contribution in [2.45, 2.75) is 25.2 Å². The normalized spacial score (nSPS) is 11.8. The van der Waals surface area contributed by atoms with Crippen molar-refractivity contribution in [2.24, 2.45) is 0 Å². The average molecular weight is 168 g/mol. The van der Waals surface area contributed by atoms with Crippen molar-refractivity contribution < 1.29 is 4.79 Å². The van der Waals surface area contributed by atoms with Crippen LogP contribution in [0.3, 0.4) is 0 Å². The molecule has 2 heteroatoms. The predicted molar refractivity (Wildman–Crippen MR) is 52.5 cm³/mol. The number of hydrogen-bond acceptors (Lipinski definition) is 1. The number of rotatable bonds is 5. The minimum absolute atomic E-state index is 0.832. The van der Waals surface area contributed by atoms with Crippen LogP contribution in [0.25, 0.3) is 0 Å². The molecule has 11 heavy (non-hydrogen) atoms. The molecule has 0 aliphatic carbocycles. The van der Waals surface area contributed by atoms with E-state index in [1.165, 1.54) is 0 Å². The van der Waals surface area contributed by atoms with Crippen LogP contribution in [0.5, 0.6) is 0 Å². The highest BCUT2D eigenvalue weighted by Gasteiger charge is 2.15. The van der Waals surface area contributed by atoms with Gasteiger partial charge in [0.2, 0.25) is 0 Å². The lowest BCUT2D eigenvalue weighted by Gasteiger charge is -2.17. The van der Waals surface area contributed by atoms with Crippen LogP contribution in [-0.2, 0) is 4.79 Å². The van der Waals surface area contributed by atoms with Crippen LogP contribution in [0.15, 0.2) is 24.8 Å². The molecule has 0 spiro atoms. The highest BCUT2D eigenvalue weighted by Crippen LogP contribution is 2.15. The first kappa shape index (κ1) is 10.4. The van der Waals surface area contributed by atoms with Crippen LogP contribution in [0, 0.1) is 0 Å². The quantitative estimate of drug-likeness (QED) is 0.267. The van der Waals surface area contributed by atoms with Crippen LogP contribution in [0.4, 0.5) is 0 Å². The molecule has 0 atom stereocenters. The van der Waals surface area contributed by atoms with E-state index in [0.29, 0.717) is 0 Å². The van der Waals surface area contributed by atoms with Crippen molar-refractivity contribution in [3.05, 3.63) is 24.8 Å². The summed E-state index contributed by atoms with van der Waals surface area (Å²) in [5.41, 5.74) is 0. The zero-order chi connectivity index (χ0) is 8.74. The summed E-state index contributed by atoms with van der Waals surface area (Å²) in [4.78, 5) is 9.96. The van der Waals surface area contributed by atoms with Crippen molar-refractivity contribution in [1.29, 1.82) is 0 Å². The van der Waals surface area contributed by atoms with Gasteiger partial charge in [0.05, 0.1) is 8.07 Å². The summed E-state index contributed by atoms with van der Waals surface area (Å²) in [6.07, 6.45) is 6.35. The summed E-state index contributed by atoms with van der Waals surface area (Å²) < 4.78 is 0. The molecule has 0 bridgehead atoms. The maximum absolute atomic E-state index is 9.96. The molecule has 0 radical (unpaired) electrons. The van der Waals surface area contributed by atoms with Gasteiger partial charge in [0.15, 0.2) is 0 Å². The SMILES string of the molecule is C=CC[Si](C)(C)C/C=C/C=O. The number of hydrogen-bond donors (Lipinski definition) is 0. The zero-order valence-electron chi connectivity index (χ0n) is 7.34. The van der Waals surface area contributed by atoms with Gasteiger partial charge in [-0.15, -0.1) is 6.58 Å². The lowest BCUT2D eigenvalue weighted by Crippen LogP contribution is -2.22. The van der Waals surface area contributed by atoms with Gasteiger partial charge in [-0.25, -0.2) is 0 Å². The fourth-order valence-corrected chi connectivity index (χ4v) is 2.64. The summed E-state index contributed by atoms with van der Waals surface area (Å²) in [6, 6.07) is 2.19. The Balaban J connectivity index is 3.79. The van der Waals surface area contributed by atoms with E-state index in [9.17, 15) is 4.79 Å². The van der Waals surface area contributed by atoms with Crippen LogP contribution >= 0.6 is 0 Å². The second kappa shape index (κ2) is 5.08. The lowest BCUT2D eigenvalue weighted by atomic mass is 10.6. The molecular weight excluding hydrogens is 152 g/mol. The largest absolute Gasteiger partial charge is 0.299 e. The Kier molecular flexibility index (Phi) is 4.78. The molecule has 0 aliphatic rings. The number of aldehydes is 1. The third-order valence-corrected chi connectivity index (χ3v) is 4.32. The van der Waals surface area contributed by atoms with E-state index in [-0.39, 0.29) is 0 Å². The molecule has 0 saturated carbocycles. The molecule has 0 aliphatic heterocycles. The van der Waals surface area contributed by atoms with Crippen molar-refractivity contribution in [3.63, 3.8) is 0 Å². The lowest BCUT2D eigenvalue weighted by molar-refractivity contribution is -0.104. The Morgan fingerprint density at radius 2 is 2.00 bits per heavy atom. The Morgan fingerprint density at radius 1 is 1.36 bits per heavy atom. The van der Waals surface area contributed by atoms with Crippen molar-refractivity contribution >= 4 is 14.4 Å². The van der Waals surface area contributed by atoms with Gasteiger partial charge in [-0.1, -0.05) is 25.2 Å². The summed E-state index contributed by atoms with van der Waals surface area (Å²) in [5.74, 6) is 0. The minimum Gasteiger partial charge on any atom is -0.299 e. The van der Waals surface area contributed by atoms with E-state index in [0.717, 1.165) is 18.4 Å². The van der Waals surface area contributed by atoms with Gasteiger partial charge in [-0.3, -0.25) is 4.79 Å². The molecule has 0 aromatic rings. The van der Waals surface area contributed by atoms with E-state index in [1.54, 1.807) is 6.08 Å². The first-order chi connectivity index (χ1) is 5.12. The molecule has 0 saturated heterocycles. The molecule has 0 heterocycles. The third kappa shape index (κ3) is 5.79. The minimum atomic E-state index is -1.10. The van der Waals surface area contributed by atoms with Crippen molar-refractivity contribution in [1.82, 2.24) is 0 Å². The van der Waals surface area contributed by atoms with Gasteiger partial charge in [0.1, 0.15) is 6.29 Å². The van der Waals surface area contributed by atoms with Gasteiger partial charge >= 0.3 is 0 Å². The highest BCUT2D eigenvalue weighted by molar-refractivity contribution is 6.78. The van der Waals surface area contributed by atoms with E-state index < -0.39 is 8.07 Å². The number of carbonyl (C=O) groups excluding carboxylic acids is 1. The molecule has 0 unspecified atom stereocenters. The van der Waals surface area contributed by atoms with Crippen LogP contribution in [-0.4, -0.2) is 14.4 Å². The molecule has 0 amide bonds. The number of carbonyl (C=O) groups is 1. The summed E-state index contributed by atoms with van der Waals surface area (Å²) in [7, 11) is -1.10. The maximum atomic E-state index is 9.96. The van der Waals surface area contributed by atoms with Gasteiger partial charge in [0, 0.05) is 0 Å². The first-order valence-electron chi connectivity index (χ1n) is 3.83. The molecule has 0 aromatic heterocycles. The fraction of sp³-hybridized carbons (Fsp3) is 0.444. The Morgan fingerprint density at radius 3 is 2.45 bits per heavy atom. The molecule has 0 rings (SSSR count). The van der Waals surface area contributed by atoms with E-state index in [1.807, 2.05) is 12.2 Å². The van der Waals surface area contributed by atoms with E-state index in [4.69, 9.17) is 0 Å². The third-order valence-electron chi connectivity index (χ3n) is 1.58. The van der Waals surface area contributed by atoms with Crippen LogP contribution in [0.2, 0.25) is 25.2 Å². The van der Waals surface area contributed by atoms with Crippen molar-refractivity contribution in [2.75, 3.05) is 0 Å². The molecule has 62 valence electrons.